The number of ether oxygens (including phenoxy) is 1. The van der Waals surface area contributed by atoms with Crippen LogP contribution < -0.4 is 4.74 Å². The molecule has 1 aliphatic heterocycles. The van der Waals surface area contributed by atoms with Crippen molar-refractivity contribution < 1.29 is 14.3 Å². The van der Waals surface area contributed by atoms with Gasteiger partial charge in [0.15, 0.2) is 5.78 Å². The van der Waals surface area contributed by atoms with E-state index in [0.29, 0.717) is 37.1 Å². The highest BCUT2D eigenvalue weighted by atomic mass is 35.5. The third-order valence-corrected chi connectivity index (χ3v) is 4.82. The Morgan fingerprint density at radius 1 is 1.16 bits per heavy atom. The number of Topliss-reactive ketones (excluding diaryl/α,β-unsaturated/α-hetero) is 1. The molecule has 2 aromatic rings. The second kappa shape index (κ2) is 7.66. The molecular formula is C19H19ClN2O3. The molecule has 0 saturated carbocycles. The van der Waals surface area contributed by atoms with Crippen molar-refractivity contribution in [1.29, 1.82) is 0 Å². The number of carbonyl (C=O) groups excluding carboxylic acids is 2. The van der Waals surface area contributed by atoms with Gasteiger partial charge in [0.05, 0.1) is 12.7 Å². The Morgan fingerprint density at radius 3 is 2.44 bits per heavy atom. The standard InChI is InChI=1S/C19H19ClN2O3/c1-25-15-6-4-13(5-7-15)17(23)14-8-11-22(12-9-14)19(24)16-3-2-10-21-18(16)20/h2-7,10,14H,8-9,11-12H2,1H3. The molecule has 0 N–H and O–H groups in total. The fourth-order valence-electron chi connectivity index (χ4n) is 3.05. The molecule has 1 aromatic carbocycles. The monoisotopic (exact) mass is 358 g/mol. The van der Waals surface area contributed by atoms with Crippen LogP contribution in [0.1, 0.15) is 33.6 Å². The molecule has 25 heavy (non-hydrogen) atoms. The third kappa shape index (κ3) is 3.82. The quantitative estimate of drug-likeness (QED) is 0.620. The van der Waals surface area contributed by atoms with Crippen LogP contribution in [0.4, 0.5) is 0 Å². The largest absolute Gasteiger partial charge is 0.497 e. The zero-order valence-electron chi connectivity index (χ0n) is 13.9. The van der Waals surface area contributed by atoms with E-state index in [9.17, 15) is 9.59 Å². The molecule has 0 atom stereocenters. The average molecular weight is 359 g/mol. The first-order valence-corrected chi connectivity index (χ1v) is 8.56. The molecule has 3 rings (SSSR count). The molecule has 1 saturated heterocycles. The van der Waals surface area contributed by atoms with Gasteiger partial charge in [-0.3, -0.25) is 9.59 Å². The van der Waals surface area contributed by atoms with E-state index in [1.54, 1.807) is 54.6 Å². The van der Waals surface area contributed by atoms with Crippen molar-refractivity contribution >= 4 is 23.3 Å². The number of methoxy groups -OCH3 is 1. The Kier molecular flexibility index (Phi) is 5.34. The van der Waals surface area contributed by atoms with Crippen LogP contribution in [0.15, 0.2) is 42.6 Å². The van der Waals surface area contributed by atoms with Crippen LogP contribution in [0.3, 0.4) is 0 Å². The number of benzene rings is 1. The molecular weight excluding hydrogens is 340 g/mol. The van der Waals surface area contributed by atoms with Crippen LogP contribution in [0, 0.1) is 5.92 Å². The fraction of sp³-hybridized carbons (Fsp3) is 0.316. The summed E-state index contributed by atoms with van der Waals surface area (Å²) in [4.78, 5) is 30.8. The molecule has 1 amide bonds. The molecule has 6 heteroatoms. The number of hydrogen-bond acceptors (Lipinski definition) is 4. The van der Waals surface area contributed by atoms with Crippen molar-refractivity contribution in [1.82, 2.24) is 9.88 Å². The summed E-state index contributed by atoms with van der Waals surface area (Å²) < 4.78 is 5.12. The fourth-order valence-corrected chi connectivity index (χ4v) is 3.25. The Labute approximate surface area is 151 Å². The van der Waals surface area contributed by atoms with E-state index in [2.05, 4.69) is 4.98 Å². The zero-order chi connectivity index (χ0) is 17.8. The first-order valence-electron chi connectivity index (χ1n) is 8.18. The summed E-state index contributed by atoms with van der Waals surface area (Å²) in [7, 11) is 1.60. The summed E-state index contributed by atoms with van der Waals surface area (Å²) in [6.45, 7) is 1.08. The molecule has 1 fully saturated rings. The van der Waals surface area contributed by atoms with Crippen LogP contribution >= 0.6 is 11.6 Å². The minimum absolute atomic E-state index is 0.0678. The van der Waals surface area contributed by atoms with Crippen molar-refractivity contribution in [2.24, 2.45) is 5.92 Å². The predicted octanol–water partition coefficient (Wildman–Crippen LogP) is 3.48. The van der Waals surface area contributed by atoms with Crippen molar-refractivity contribution in [2.75, 3.05) is 20.2 Å². The van der Waals surface area contributed by atoms with E-state index < -0.39 is 0 Å². The van der Waals surface area contributed by atoms with Gasteiger partial charge in [-0.05, 0) is 49.2 Å². The summed E-state index contributed by atoms with van der Waals surface area (Å²) in [5.74, 6) is 0.648. The van der Waals surface area contributed by atoms with Gasteiger partial charge in [-0.1, -0.05) is 11.6 Å². The number of rotatable bonds is 4. The minimum Gasteiger partial charge on any atom is -0.497 e. The van der Waals surface area contributed by atoms with Crippen molar-refractivity contribution in [3.05, 3.63) is 58.9 Å². The van der Waals surface area contributed by atoms with Crippen LogP contribution in [-0.2, 0) is 0 Å². The molecule has 2 heterocycles. The average Bonchev–Trinajstić information content (AvgIpc) is 2.67. The number of piperidine rings is 1. The number of likely N-dealkylation sites (tertiary alicyclic amines) is 1. The highest BCUT2D eigenvalue weighted by molar-refractivity contribution is 6.32. The summed E-state index contributed by atoms with van der Waals surface area (Å²) >= 11 is 6.00. The van der Waals surface area contributed by atoms with E-state index in [4.69, 9.17) is 16.3 Å². The van der Waals surface area contributed by atoms with Gasteiger partial charge in [-0.2, -0.15) is 0 Å². The van der Waals surface area contributed by atoms with E-state index in [1.807, 2.05) is 0 Å². The second-order valence-corrected chi connectivity index (χ2v) is 6.36. The molecule has 130 valence electrons. The number of amides is 1. The Bertz CT molecular complexity index is 768. The lowest BCUT2D eigenvalue weighted by atomic mass is 9.88. The summed E-state index contributed by atoms with van der Waals surface area (Å²) in [5.41, 5.74) is 1.09. The summed E-state index contributed by atoms with van der Waals surface area (Å²) in [6, 6.07) is 10.5. The molecule has 0 aliphatic carbocycles. The van der Waals surface area contributed by atoms with Crippen LogP contribution in [0.5, 0.6) is 5.75 Å². The number of aromatic nitrogens is 1. The summed E-state index contributed by atoms with van der Waals surface area (Å²) in [5, 5.41) is 0.212. The topological polar surface area (TPSA) is 59.5 Å². The highest BCUT2D eigenvalue weighted by Crippen LogP contribution is 2.25. The molecule has 0 unspecified atom stereocenters. The number of nitrogens with zero attached hydrogens (tertiary/aromatic N) is 2. The van der Waals surface area contributed by atoms with Gasteiger partial charge in [0.2, 0.25) is 0 Å². The van der Waals surface area contributed by atoms with Gasteiger partial charge in [0.25, 0.3) is 5.91 Å². The lowest BCUT2D eigenvalue weighted by molar-refractivity contribution is 0.0650. The third-order valence-electron chi connectivity index (χ3n) is 4.52. The normalized spacial score (nSPS) is 15.0. The zero-order valence-corrected chi connectivity index (χ0v) is 14.7. The smallest absolute Gasteiger partial charge is 0.256 e. The maximum atomic E-state index is 12.6. The van der Waals surface area contributed by atoms with Crippen LogP contribution in [0.2, 0.25) is 5.15 Å². The number of hydrogen-bond donors (Lipinski definition) is 0. The van der Waals surface area contributed by atoms with Crippen molar-refractivity contribution in [2.45, 2.75) is 12.8 Å². The van der Waals surface area contributed by atoms with Crippen LogP contribution in [-0.4, -0.2) is 41.8 Å². The Hall–Kier alpha value is -2.40. The van der Waals surface area contributed by atoms with Gasteiger partial charge < -0.3 is 9.64 Å². The Balaban J connectivity index is 1.62. The Morgan fingerprint density at radius 2 is 1.84 bits per heavy atom. The van der Waals surface area contributed by atoms with E-state index in [0.717, 1.165) is 5.75 Å². The number of carbonyl (C=O) groups is 2. The molecule has 0 bridgehead atoms. The van der Waals surface area contributed by atoms with E-state index in [1.165, 1.54) is 0 Å². The van der Waals surface area contributed by atoms with Gasteiger partial charge >= 0.3 is 0 Å². The maximum absolute atomic E-state index is 12.6. The maximum Gasteiger partial charge on any atom is 0.256 e. The minimum atomic E-state index is -0.131. The van der Waals surface area contributed by atoms with E-state index >= 15 is 0 Å². The first-order chi connectivity index (χ1) is 12.1. The van der Waals surface area contributed by atoms with Gasteiger partial charge in [0.1, 0.15) is 10.9 Å². The van der Waals surface area contributed by atoms with Crippen molar-refractivity contribution in [3.8, 4) is 5.75 Å². The SMILES string of the molecule is COc1ccc(C(=O)C2CCN(C(=O)c3cccnc3Cl)CC2)cc1. The molecule has 0 spiro atoms. The highest BCUT2D eigenvalue weighted by Gasteiger charge is 2.29. The molecule has 5 nitrogen and oxygen atoms in total. The molecule has 1 aromatic heterocycles. The molecule has 1 aliphatic rings. The lowest BCUT2D eigenvalue weighted by Crippen LogP contribution is -2.40. The lowest BCUT2D eigenvalue weighted by Gasteiger charge is -2.31. The van der Waals surface area contributed by atoms with Gasteiger partial charge in [-0.25, -0.2) is 4.98 Å². The van der Waals surface area contributed by atoms with Gasteiger partial charge in [-0.15, -0.1) is 0 Å². The number of pyridine rings is 1. The predicted molar refractivity (Wildman–Crippen MR) is 95.2 cm³/mol. The van der Waals surface area contributed by atoms with Crippen molar-refractivity contribution in [3.63, 3.8) is 0 Å². The summed E-state index contributed by atoms with van der Waals surface area (Å²) in [6.07, 6.45) is 2.85. The first kappa shape index (κ1) is 17.4. The number of halogens is 1. The molecule has 0 radical (unpaired) electrons. The van der Waals surface area contributed by atoms with Gasteiger partial charge in [0, 0.05) is 30.8 Å². The second-order valence-electron chi connectivity index (χ2n) is 6.00. The van der Waals surface area contributed by atoms with Crippen LogP contribution in [0.25, 0.3) is 0 Å². The van der Waals surface area contributed by atoms with E-state index in [-0.39, 0.29) is 22.8 Å². The number of ketones is 1.